The zero-order valence-electron chi connectivity index (χ0n) is 7.59. The van der Waals surface area contributed by atoms with Crippen LogP contribution in [0.2, 0.25) is 0 Å². The Labute approximate surface area is 98.8 Å². The van der Waals surface area contributed by atoms with Crippen molar-refractivity contribution in [1.29, 1.82) is 0 Å². The van der Waals surface area contributed by atoms with Crippen LogP contribution in [0.4, 0.5) is 5.69 Å². The minimum absolute atomic E-state index is 0.204. The molecule has 1 amide bonds. The second kappa shape index (κ2) is 4.74. The van der Waals surface area contributed by atoms with Crippen molar-refractivity contribution < 1.29 is 14.3 Å². The zero-order chi connectivity index (χ0) is 10.7. The second-order valence-electron chi connectivity index (χ2n) is 2.47. The summed E-state index contributed by atoms with van der Waals surface area (Å²) in [4.78, 5) is 22.5. The van der Waals surface area contributed by atoms with Crippen LogP contribution in [-0.4, -0.2) is 19.0 Å². The Balaban J connectivity index is 3.02. The molecule has 0 aliphatic heterocycles. The Morgan fingerprint density at radius 1 is 1.57 bits per heavy atom. The van der Waals surface area contributed by atoms with Gasteiger partial charge in [-0.3, -0.25) is 4.79 Å². The smallest absolute Gasteiger partial charge is 0.350 e. The van der Waals surface area contributed by atoms with Gasteiger partial charge in [-0.25, -0.2) is 4.79 Å². The van der Waals surface area contributed by atoms with E-state index >= 15 is 0 Å². The molecule has 0 aliphatic rings. The predicted octanol–water partition coefficient (Wildman–Crippen LogP) is 2.10. The highest BCUT2D eigenvalue weighted by Crippen LogP contribution is 2.28. The van der Waals surface area contributed by atoms with Crippen molar-refractivity contribution in [1.82, 2.24) is 0 Å². The molecule has 0 radical (unpaired) electrons. The molecule has 76 valence electrons. The van der Waals surface area contributed by atoms with Crippen LogP contribution in [0.5, 0.6) is 0 Å². The fourth-order valence-electron chi connectivity index (χ4n) is 0.888. The lowest BCUT2D eigenvalue weighted by Crippen LogP contribution is -2.09. The molecular weight excluding hydrogens is 317 g/mol. The van der Waals surface area contributed by atoms with Crippen LogP contribution in [0.1, 0.15) is 16.6 Å². The van der Waals surface area contributed by atoms with Crippen molar-refractivity contribution in [2.45, 2.75) is 6.92 Å². The van der Waals surface area contributed by atoms with Crippen LogP contribution in [0, 0.1) is 2.88 Å². The average Bonchev–Trinajstić information content (AvgIpc) is 2.44. The molecule has 0 aromatic carbocycles. The minimum atomic E-state index is -0.429. The lowest BCUT2D eigenvalue weighted by atomic mass is 10.4. The quantitative estimate of drug-likeness (QED) is 0.669. The number of hydrogen-bond donors (Lipinski definition) is 1. The maximum absolute atomic E-state index is 11.3. The summed E-state index contributed by atoms with van der Waals surface area (Å²) in [6.07, 6.45) is 0. The van der Waals surface area contributed by atoms with E-state index in [1.807, 2.05) is 0 Å². The molecule has 1 aromatic heterocycles. The normalized spacial score (nSPS) is 9.64. The first-order valence-electron chi connectivity index (χ1n) is 3.70. The molecule has 1 aromatic rings. The number of amides is 1. The van der Waals surface area contributed by atoms with Crippen LogP contribution in [0.15, 0.2) is 6.07 Å². The summed E-state index contributed by atoms with van der Waals surface area (Å²) >= 11 is 3.37. The Morgan fingerprint density at radius 2 is 2.21 bits per heavy atom. The van der Waals surface area contributed by atoms with Gasteiger partial charge in [0.1, 0.15) is 4.88 Å². The van der Waals surface area contributed by atoms with E-state index in [0.717, 1.165) is 2.88 Å². The fraction of sp³-hybridized carbons (Fsp3) is 0.250. The number of carbonyl (C=O) groups is 2. The molecule has 0 saturated heterocycles. The maximum Gasteiger partial charge on any atom is 0.350 e. The largest absolute Gasteiger partial charge is 0.465 e. The number of rotatable bonds is 2. The standard InChI is InChI=1S/C8H8INO3S/c1-4(11)10-5-3-6(9)14-7(5)8(12)13-2/h3H,1-2H3,(H,10,11). The number of anilines is 1. The molecule has 0 bridgehead atoms. The van der Waals surface area contributed by atoms with Gasteiger partial charge >= 0.3 is 5.97 Å². The van der Waals surface area contributed by atoms with E-state index < -0.39 is 5.97 Å². The molecule has 0 saturated carbocycles. The van der Waals surface area contributed by atoms with Gasteiger partial charge in [0.05, 0.1) is 15.7 Å². The SMILES string of the molecule is COC(=O)c1sc(I)cc1NC(C)=O. The molecule has 1 rings (SSSR count). The van der Waals surface area contributed by atoms with Gasteiger partial charge in [-0.05, 0) is 28.7 Å². The van der Waals surface area contributed by atoms with Crippen LogP contribution in [0.25, 0.3) is 0 Å². The van der Waals surface area contributed by atoms with E-state index in [2.05, 4.69) is 32.6 Å². The highest BCUT2D eigenvalue weighted by molar-refractivity contribution is 14.1. The first-order valence-corrected chi connectivity index (χ1v) is 5.59. The number of hydrogen-bond acceptors (Lipinski definition) is 4. The Morgan fingerprint density at radius 3 is 2.71 bits per heavy atom. The number of halogens is 1. The third kappa shape index (κ3) is 2.68. The van der Waals surface area contributed by atoms with Gasteiger partial charge in [-0.15, -0.1) is 11.3 Å². The summed E-state index contributed by atoms with van der Waals surface area (Å²) in [6.45, 7) is 1.39. The van der Waals surface area contributed by atoms with Crippen molar-refractivity contribution in [3.05, 3.63) is 13.8 Å². The summed E-state index contributed by atoms with van der Waals surface area (Å²) in [5, 5.41) is 2.58. The van der Waals surface area contributed by atoms with Crippen molar-refractivity contribution in [2.75, 3.05) is 12.4 Å². The van der Waals surface area contributed by atoms with Crippen molar-refractivity contribution in [3.63, 3.8) is 0 Å². The molecule has 0 fully saturated rings. The van der Waals surface area contributed by atoms with Gasteiger partial charge in [0.15, 0.2) is 0 Å². The fourth-order valence-corrected chi connectivity index (χ4v) is 2.62. The van der Waals surface area contributed by atoms with Gasteiger partial charge in [0.25, 0.3) is 0 Å². The maximum atomic E-state index is 11.3. The molecule has 0 aliphatic carbocycles. The monoisotopic (exact) mass is 325 g/mol. The van der Waals surface area contributed by atoms with Gasteiger partial charge in [0, 0.05) is 6.92 Å². The van der Waals surface area contributed by atoms with Crippen molar-refractivity contribution in [2.24, 2.45) is 0 Å². The lowest BCUT2D eigenvalue weighted by molar-refractivity contribution is -0.114. The van der Waals surface area contributed by atoms with Crippen molar-refractivity contribution in [3.8, 4) is 0 Å². The van der Waals surface area contributed by atoms with Crippen LogP contribution < -0.4 is 5.32 Å². The number of methoxy groups -OCH3 is 1. The molecule has 0 atom stereocenters. The zero-order valence-corrected chi connectivity index (χ0v) is 10.6. The second-order valence-corrected chi connectivity index (χ2v) is 5.41. The first-order chi connectivity index (χ1) is 6.54. The van der Waals surface area contributed by atoms with Gasteiger partial charge < -0.3 is 10.1 Å². The topological polar surface area (TPSA) is 55.4 Å². The summed E-state index contributed by atoms with van der Waals surface area (Å²) in [6, 6.07) is 1.74. The van der Waals surface area contributed by atoms with Gasteiger partial charge in [-0.2, -0.15) is 0 Å². The predicted molar refractivity (Wildman–Crippen MR) is 62.7 cm³/mol. The lowest BCUT2D eigenvalue weighted by Gasteiger charge is -2.01. The summed E-state index contributed by atoms with van der Waals surface area (Å²) in [5.41, 5.74) is 0.513. The Kier molecular flexibility index (Phi) is 3.87. The third-order valence-electron chi connectivity index (χ3n) is 1.38. The van der Waals surface area contributed by atoms with E-state index in [9.17, 15) is 9.59 Å². The molecule has 1 heterocycles. The first kappa shape index (κ1) is 11.4. The minimum Gasteiger partial charge on any atom is -0.465 e. The number of ether oxygens (including phenoxy) is 1. The number of carbonyl (C=O) groups excluding carboxylic acids is 2. The number of thiophene rings is 1. The molecule has 1 N–H and O–H groups in total. The van der Waals surface area contributed by atoms with E-state index in [1.54, 1.807) is 6.07 Å². The van der Waals surface area contributed by atoms with Crippen LogP contribution in [0.3, 0.4) is 0 Å². The molecule has 14 heavy (non-hydrogen) atoms. The van der Waals surface area contributed by atoms with Gasteiger partial charge in [-0.1, -0.05) is 0 Å². The summed E-state index contributed by atoms with van der Waals surface area (Å²) in [5.74, 6) is -0.633. The van der Waals surface area contributed by atoms with Crippen LogP contribution >= 0.6 is 33.9 Å². The number of nitrogens with one attached hydrogen (secondary N) is 1. The van der Waals surface area contributed by atoms with E-state index in [1.165, 1.54) is 25.4 Å². The molecule has 0 spiro atoms. The summed E-state index contributed by atoms with van der Waals surface area (Å²) in [7, 11) is 1.31. The molecule has 0 unspecified atom stereocenters. The van der Waals surface area contributed by atoms with E-state index in [-0.39, 0.29) is 5.91 Å². The highest BCUT2D eigenvalue weighted by atomic mass is 127. The van der Waals surface area contributed by atoms with Crippen molar-refractivity contribution >= 4 is 51.5 Å². The highest BCUT2D eigenvalue weighted by Gasteiger charge is 2.16. The van der Waals surface area contributed by atoms with E-state index in [4.69, 9.17) is 0 Å². The van der Waals surface area contributed by atoms with Crippen LogP contribution in [-0.2, 0) is 9.53 Å². The Bertz CT molecular complexity index is 375. The molecule has 6 heteroatoms. The van der Waals surface area contributed by atoms with E-state index in [0.29, 0.717) is 10.6 Å². The molecular formula is C8H8INO3S. The third-order valence-corrected chi connectivity index (χ3v) is 3.26. The summed E-state index contributed by atoms with van der Waals surface area (Å²) < 4.78 is 5.51. The number of esters is 1. The Hall–Kier alpha value is -0.630. The average molecular weight is 325 g/mol. The van der Waals surface area contributed by atoms with Gasteiger partial charge in [0.2, 0.25) is 5.91 Å². The molecule has 4 nitrogen and oxygen atoms in total.